The number of benzene rings is 1. The van der Waals surface area contributed by atoms with Crippen molar-refractivity contribution in [2.24, 2.45) is 0 Å². The third-order valence-corrected chi connectivity index (χ3v) is 2.58. The molecule has 1 aromatic heterocycles. The molecule has 5 nitrogen and oxygen atoms in total. The van der Waals surface area contributed by atoms with E-state index in [0.29, 0.717) is 33.7 Å². The summed E-state index contributed by atoms with van der Waals surface area (Å²) >= 11 is 6.12. The lowest BCUT2D eigenvalue weighted by molar-refractivity contribution is 0.355. The molecule has 0 saturated heterocycles. The molecule has 2 rings (SSSR count). The first-order chi connectivity index (χ1) is 8.15. The second-order valence-corrected chi connectivity index (χ2v) is 3.71. The van der Waals surface area contributed by atoms with E-state index in [0.717, 1.165) is 0 Å². The van der Waals surface area contributed by atoms with Crippen LogP contribution in [0.3, 0.4) is 0 Å². The number of ether oxygens (including phenoxy) is 2. The van der Waals surface area contributed by atoms with Crippen molar-refractivity contribution in [2.45, 2.75) is 0 Å². The molecule has 0 amide bonds. The van der Waals surface area contributed by atoms with Crippen LogP contribution < -0.4 is 15.2 Å². The van der Waals surface area contributed by atoms with Crippen LogP contribution in [-0.4, -0.2) is 19.4 Å². The van der Waals surface area contributed by atoms with Crippen molar-refractivity contribution in [1.82, 2.24) is 5.16 Å². The van der Waals surface area contributed by atoms with Crippen LogP contribution >= 0.6 is 11.6 Å². The molecule has 0 saturated carbocycles. The first-order valence-corrected chi connectivity index (χ1v) is 5.17. The Balaban J connectivity index is 2.55. The monoisotopic (exact) mass is 254 g/mol. The van der Waals surface area contributed by atoms with Gasteiger partial charge >= 0.3 is 0 Å². The summed E-state index contributed by atoms with van der Waals surface area (Å²) in [6, 6.07) is 4.95. The Morgan fingerprint density at radius 2 is 1.82 bits per heavy atom. The first kappa shape index (κ1) is 11.6. The number of hydrogen-bond donors (Lipinski definition) is 1. The van der Waals surface area contributed by atoms with E-state index in [1.165, 1.54) is 0 Å². The highest BCUT2D eigenvalue weighted by Gasteiger charge is 2.14. The topological polar surface area (TPSA) is 70.5 Å². The summed E-state index contributed by atoms with van der Waals surface area (Å²) in [5.74, 6) is 1.88. The lowest BCUT2D eigenvalue weighted by Crippen LogP contribution is -1.91. The van der Waals surface area contributed by atoms with E-state index in [4.69, 9.17) is 31.3 Å². The van der Waals surface area contributed by atoms with Crippen molar-refractivity contribution in [2.75, 3.05) is 20.0 Å². The molecule has 1 aromatic carbocycles. The van der Waals surface area contributed by atoms with Gasteiger partial charge in [-0.2, -0.15) is 0 Å². The minimum atomic E-state index is 0.297. The second kappa shape index (κ2) is 4.55. The van der Waals surface area contributed by atoms with Gasteiger partial charge in [-0.3, -0.25) is 0 Å². The fourth-order valence-corrected chi connectivity index (χ4v) is 1.71. The Labute approximate surface area is 103 Å². The summed E-state index contributed by atoms with van der Waals surface area (Å²) in [4.78, 5) is 0. The number of hydrogen-bond acceptors (Lipinski definition) is 5. The van der Waals surface area contributed by atoms with Crippen molar-refractivity contribution in [3.63, 3.8) is 0 Å². The van der Waals surface area contributed by atoms with Crippen LogP contribution in [0.5, 0.6) is 11.5 Å². The smallest absolute Gasteiger partial charge is 0.170 e. The van der Waals surface area contributed by atoms with Crippen LogP contribution in [0.4, 0.5) is 5.82 Å². The molecule has 17 heavy (non-hydrogen) atoms. The average molecular weight is 255 g/mol. The van der Waals surface area contributed by atoms with E-state index in [1.807, 2.05) is 0 Å². The van der Waals surface area contributed by atoms with Gasteiger partial charge in [-0.1, -0.05) is 16.8 Å². The molecule has 0 bridgehead atoms. The molecule has 0 fully saturated rings. The van der Waals surface area contributed by atoms with Gasteiger partial charge in [0.15, 0.2) is 23.1 Å². The molecule has 0 aliphatic heterocycles. The zero-order valence-corrected chi connectivity index (χ0v) is 10.1. The van der Waals surface area contributed by atoms with Crippen LogP contribution in [-0.2, 0) is 0 Å². The molecule has 90 valence electrons. The first-order valence-electron chi connectivity index (χ1n) is 4.79. The molecule has 0 radical (unpaired) electrons. The Bertz CT molecular complexity index is 540. The summed E-state index contributed by atoms with van der Waals surface area (Å²) in [6.45, 7) is 0. The SMILES string of the molecule is COc1cc(Cl)c(-c2cc(N)no2)cc1OC. The van der Waals surface area contributed by atoms with Gasteiger partial charge in [0, 0.05) is 17.7 Å². The van der Waals surface area contributed by atoms with Crippen LogP contribution in [0.15, 0.2) is 22.7 Å². The maximum atomic E-state index is 6.12. The van der Waals surface area contributed by atoms with E-state index in [9.17, 15) is 0 Å². The summed E-state index contributed by atoms with van der Waals surface area (Å²) in [5, 5.41) is 4.08. The number of halogens is 1. The molecular weight excluding hydrogens is 244 g/mol. The summed E-state index contributed by atoms with van der Waals surface area (Å²) < 4.78 is 15.4. The molecule has 2 N–H and O–H groups in total. The van der Waals surface area contributed by atoms with E-state index in [1.54, 1.807) is 32.4 Å². The van der Waals surface area contributed by atoms with E-state index in [-0.39, 0.29) is 0 Å². The van der Waals surface area contributed by atoms with Gasteiger partial charge < -0.3 is 19.7 Å². The predicted octanol–water partition coefficient (Wildman–Crippen LogP) is 2.59. The number of methoxy groups -OCH3 is 2. The molecule has 1 heterocycles. The maximum Gasteiger partial charge on any atom is 0.170 e. The van der Waals surface area contributed by atoms with E-state index in [2.05, 4.69) is 5.16 Å². The molecule has 0 aliphatic rings. The van der Waals surface area contributed by atoms with Gasteiger partial charge in [-0.25, -0.2) is 0 Å². The number of nitrogens with zero attached hydrogens (tertiary/aromatic N) is 1. The van der Waals surface area contributed by atoms with Gasteiger partial charge in [0.1, 0.15) is 0 Å². The highest BCUT2D eigenvalue weighted by Crippen LogP contribution is 2.38. The number of rotatable bonds is 3. The molecular formula is C11H11ClN2O3. The highest BCUT2D eigenvalue weighted by molar-refractivity contribution is 6.33. The third-order valence-electron chi connectivity index (χ3n) is 2.27. The van der Waals surface area contributed by atoms with Gasteiger partial charge in [0.2, 0.25) is 0 Å². The molecule has 0 unspecified atom stereocenters. The summed E-state index contributed by atoms with van der Waals surface area (Å²) in [7, 11) is 3.09. The van der Waals surface area contributed by atoms with Crippen molar-refractivity contribution < 1.29 is 14.0 Å². The Morgan fingerprint density at radius 3 is 2.35 bits per heavy atom. The molecule has 0 atom stereocenters. The highest BCUT2D eigenvalue weighted by atomic mass is 35.5. The largest absolute Gasteiger partial charge is 0.493 e. The van der Waals surface area contributed by atoms with Crippen LogP contribution in [0, 0.1) is 0 Å². The number of nitrogen functional groups attached to an aromatic ring is 1. The molecule has 0 aliphatic carbocycles. The molecule has 0 spiro atoms. The van der Waals surface area contributed by atoms with Gasteiger partial charge in [0.05, 0.1) is 19.2 Å². The number of aromatic nitrogens is 1. The quantitative estimate of drug-likeness (QED) is 0.912. The fourth-order valence-electron chi connectivity index (χ4n) is 1.46. The van der Waals surface area contributed by atoms with E-state index < -0.39 is 0 Å². The Hall–Kier alpha value is -1.88. The van der Waals surface area contributed by atoms with Gasteiger partial charge in [0.25, 0.3) is 0 Å². The Morgan fingerprint density at radius 1 is 1.18 bits per heavy atom. The van der Waals surface area contributed by atoms with E-state index >= 15 is 0 Å². The van der Waals surface area contributed by atoms with Crippen molar-refractivity contribution >= 4 is 17.4 Å². The molecule has 6 heteroatoms. The van der Waals surface area contributed by atoms with Crippen molar-refractivity contribution in [3.05, 3.63) is 23.2 Å². The van der Waals surface area contributed by atoms with Gasteiger partial charge in [-0.05, 0) is 6.07 Å². The Kier molecular flexibility index (Phi) is 3.10. The summed E-state index contributed by atoms with van der Waals surface area (Å²) in [5.41, 5.74) is 6.14. The van der Waals surface area contributed by atoms with Gasteiger partial charge in [-0.15, -0.1) is 0 Å². The predicted molar refractivity (Wildman–Crippen MR) is 64.5 cm³/mol. The fraction of sp³-hybridized carbons (Fsp3) is 0.182. The van der Waals surface area contributed by atoms with Crippen LogP contribution in [0.25, 0.3) is 11.3 Å². The van der Waals surface area contributed by atoms with Crippen molar-refractivity contribution in [1.29, 1.82) is 0 Å². The van der Waals surface area contributed by atoms with Crippen LogP contribution in [0.2, 0.25) is 5.02 Å². The zero-order valence-electron chi connectivity index (χ0n) is 9.36. The maximum absolute atomic E-state index is 6.12. The number of anilines is 1. The summed E-state index contributed by atoms with van der Waals surface area (Å²) in [6.07, 6.45) is 0. The van der Waals surface area contributed by atoms with Crippen LogP contribution in [0.1, 0.15) is 0 Å². The van der Waals surface area contributed by atoms with Crippen molar-refractivity contribution in [3.8, 4) is 22.8 Å². The average Bonchev–Trinajstić information content (AvgIpc) is 2.75. The second-order valence-electron chi connectivity index (χ2n) is 3.30. The standard InChI is InChI=1S/C11H11ClN2O3/c1-15-9-3-6(7(12)4-10(9)16-2)8-5-11(13)14-17-8/h3-5H,1-2H3,(H2,13,14). The number of nitrogens with two attached hydrogens (primary N) is 1. The minimum Gasteiger partial charge on any atom is -0.493 e. The normalized spacial score (nSPS) is 10.3. The molecule has 2 aromatic rings. The lowest BCUT2D eigenvalue weighted by Gasteiger charge is -2.09. The third kappa shape index (κ3) is 2.14. The minimum absolute atomic E-state index is 0.297. The zero-order chi connectivity index (χ0) is 12.4. The lowest BCUT2D eigenvalue weighted by atomic mass is 10.1.